The number of benzene rings is 2. The van der Waals surface area contributed by atoms with Crippen LogP contribution in [0.4, 0.5) is 4.39 Å². The van der Waals surface area contributed by atoms with Crippen molar-refractivity contribution in [2.75, 3.05) is 7.05 Å². The molecule has 0 unspecified atom stereocenters. The molecule has 1 aliphatic heterocycles. The summed E-state index contributed by atoms with van der Waals surface area (Å²) in [5, 5.41) is 0. The molecule has 3 nitrogen and oxygen atoms in total. The Balaban J connectivity index is 1.83. The van der Waals surface area contributed by atoms with Crippen LogP contribution in [-0.4, -0.2) is 22.2 Å². The van der Waals surface area contributed by atoms with Gasteiger partial charge in [0.15, 0.2) is 0 Å². The summed E-state index contributed by atoms with van der Waals surface area (Å²) < 4.78 is 20.0. The van der Waals surface area contributed by atoms with Crippen molar-refractivity contribution in [1.29, 1.82) is 0 Å². The summed E-state index contributed by atoms with van der Waals surface area (Å²) in [5.41, 5.74) is 1.23. The quantitative estimate of drug-likeness (QED) is 0.603. The van der Waals surface area contributed by atoms with Gasteiger partial charge in [0, 0.05) is 18.2 Å². The van der Waals surface area contributed by atoms with E-state index in [9.17, 15) is 9.18 Å². The van der Waals surface area contributed by atoms with E-state index in [2.05, 4.69) is 0 Å². The van der Waals surface area contributed by atoms with Crippen LogP contribution in [0.15, 0.2) is 53.4 Å². The van der Waals surface area contributed by atoms with E-state index < -0.39 is 0 Å². The molecule has 3 rings (SSSR count). The Bertz CT molecular complexity index is 835. The molecule has 0 aliphatic carbocycles. The van der Waals surface area contributed by atoms with Gasteiger partial charge in [-0.25, -0.2) is 4.39 Å². The van der Waals surface area contributed by atoms with Crippen molar-refractivity contribution in [3.63, 3.8) is 0 Å². The molecule has 0 radical (unpaired) electrons. The Morgan fingerprint density at radius 3 is 2.62 bits per heavy atom. The third-order valence-electron chi connectivity index (χ3n) is 3.53. The first kappa shape index (κ1) is 16.7. The molecular formula is C18H14FNO2S2. The Kier molecular flexibility index (Phi) is 4.97. The van der Waals surface area contributed by atoms with Gasteiger partial charge in [-0.05, 0) is 18.2 Å². The molecule has 0 saturated carbocycles. The van der Waals surface area contributed by atoms with Gasteiger partial charge >= 0.3 is 0 Å². The fraction of sp³-hybridized carbons (Fsp3) is 0.111. The maximum atomic E-state index is 13.7. The molecule has 122 valence electrons. The van der Waals surface area contributed by atoms with E-state index in [4.69, 9.17) is 17.0 Å². The molecule has 0 aromatic heterocycles. The highest BCUT2D eigenvalue weighted by Crippen LogP contribution is 2.33. The van der Waals surface area contributed by atoms with E-state index in [0.29, 0.717) is 20.5 Å². The van der Waals surface area contributed by atoms with Crippen LogP contribution in [0.3, 0.4) is 0 Å². The first-order valence-electron chi connectivity index (χ1n) is 7.23. The molecule has 2 aromatic rings. The zero-order chi connectivity index (χ0) is 17.1. The van der Waals surface area contributed by atoms with Gasteiger partial charge in [0.1, 0.15) is 22.5 Å². The van der Waals surface area contributed by atoms with Crippen LogP contribution in [0.2, 0.25) is 0 Å². The Hall–Kier alpha value is -2.18. The molecule has 0 N–H and O–H groups in total. The monoisotopic (exact) mass is 359 g/mol. The molecule has 2 aromatic carbocycles. The fourth-order valence-corrected chi connectivity index (χ4v) is 3.36. The number of thioether (sulfide) groups is 1. The number of nitrogens with zero attached hydrogens (tertiary/aromatic N) is 1. The number of likely N-dealkylation sites (N-methyl/N-ethyl adjacent to an activating group) is 1. The predicted molar refractivity (Wildman–Crippen MR) is 98.1 cm³/mol. The summed E-state index contributed by atoms with van der Waals surface area (Å²) >= 11 is 6.38. The summed E-state index contributed by atoms with van der Waals surface area (Å²) in [7, 11) is 1.65. The van der Waals surface area contributed by atoms with Gasteiger partial charge in [-0.2, -0.15) is 0 Å². The minimum Gasteiger partial charge on any atom is -0.488 e. The highest BCUT2D eigenvalue weighted by Gasteiger charge is 2.28. The van der Waals surface area contributed by atoms with Crippen molar-refractivity contribution >= 4 is 40.3 Å². The van der Waals surface area contributed by atoms with Gasteiger partial charge in [0.2, 0.25) is 0 Å². The third kappa shape index (κ3) is 3.49. The maximum Gasteiger partial charge on any atom is 0.265 e. The van der Waals surface area contributed by atoms with Crippen LogP contribution >= 0.6 is 24.0 Å². The van der Waals surface area contributed by atoms with Crippen LogP contribution in [0, 0.1) is 5.82 Å². The maximum absolute atomic E-state index is 13.7. The minimum absolute atomic E-state index is 0.117. The highest BCUT2D eigenvalue weighted by atomic mass is 32.2. The fourth-order valence-electron chi connectivity index (χ4n) is 2.19. The second-order valence-electron chi connectivity index (χ2n) is 5.16. The molecule has 1 aliphatic rings. The molecule has 1 saturated heterocycles. The number of halogens is 1. The molecule has 1 amide bonds. The molecule has 24 heavy (non-hydrogen) atoms. The number of thiocarbonyl (C=S) groups is 1. The number of ether oxygens (including phenoxy) is 1. The SMILES string of the molecule is CN1C(=O)C(=Cc2ccccc2OCc2ccccc2F)SC1=S. The van der Waals surface area contributed by atoms with Crippen molar-refractivity contribution in [1.82, 2.24) is 4.90 Å². The van der Waals surface area contributed by atoms with Crippen LogP contribution in [-0.2, 0) is 11.4 Å². The molecular weight excluding hydrogens is 345 g/mol. The van der Waals surface area contributed by atoms with E-state index in [1.165, 1.54) is 22.7 Å². The van der Waals surface area contributed by atoms with E-state index in [0.717, 1.165) is 5.56 Å². The topological polar surface area (TPSA) is 29.5 Å². The van der Waals surface area contributed by atoms with Gasteiger partial charge in [-0.15, -0.1) is 0 Å². The van der Waals surface area contributed by atoms with Crippen molar-refractivity contribution in [2.24, 2.45) is 0 Å². The molecule has 1 heterocycles. The third-order valence-corrected chi connectivity index (χ3v) is 5.02. The number of hydrogen-bond donors (Lipinski definition) is 0. The lowest BCUT2D eigenvalue weighted by atomic mass is 10.1. The number of carbonyl (C=O) groups excluding carboxylic acids is 1. The smallest absolute Gasteiger partial charge is 0.265 e. The van der Waals surface area contributed by atoms with Gasteiger partial charge in [-0.3, -0.25) is 9.69 Å². The number of carbonyl (C=O) groups is 1. The molecule has 0 spiro atoms. The van der Waals surface area contributed by atoms with E-state index in [1.54, 1.807) is 37.4 Å². The lowest BCUT2D eigenvalue weighted by Gasteiger charge is -2.10. The van der Waals surface area contributed by atoms with E-state index in [-0.39, 0.29) is 18.3 Å². The van der Waals surface area contributed by atoms with Gasteiger partial charge in [-0.1, -0.05) is 60.4 Å². The Labute approximate surface area is 149 Å². The van der Waals surface area contributed by atoms with Gasteiger partial charge in [0.05, 0.1) is 4.91 Å². The summed E-state index contributed by atoms with van der Waals surface area (Å²) in [6.45, 7) is 0.117. The minimum atomic E-state index is -0.304. The van der Waals surface area contributed by atoms with E-state index in [1.807, 2.05) is 18.2 Å². The van der Waals surface area contributed by atoms with Crippen molar-refractivity contribution in [2.45, 2.75) is 6.61 Å². The summed E-state index contributed by atoms with van der Waals surface area (Å²) in [6, 6.07) is 13.8. The normalized spacial score (nSPS) is 16.1. The molecule has 0 bridgehead atoms. The first-order chi connectivity index (χ1) is 11.6. The molecule has 0 atom stereocenters. The summed E-state index contributed by atoms with van der Waals surface area (Å²) in [4.78, 5) is 14.1. The number of hydrogen-bond acceptors (Lipinski definition) is 4. The van der Waals surface area contributed by atoms with Crippen molar-refractivity contribution in [3.8, 4) is 5.75 Å². The average molecular weight is 359 g/mol. The van der Waals surface area contributed by atoms with Crippen LogP contribution in [0.1, 0.15) is 11.1 Å². The average Bonchev–Trinajstić information content (AvgIpc) is 2.82. The largest absolute Gasteiger partial charge is 0.488 e. The van der Waals surface area contributed by atoms with Crippen LogP contribution in [0.5, 0.6) is 5.75 Å². The Morgan fingerprint density at radius 1 is 1.21 bits per heavy atom. The first-order valence-corrected chi connectivity index (χ1v) is 8.45. The highest BCUT2D eigenvalue weighted by molar-refractivity contribution is 8.26. The lowest BCUT2D eigenvalue weighted by molar-refractivity contribution is -0.121. The van der Waals surface area contributed by atoms with Gasteiger partial charge < -0.3 is 4.74 Å². The molecule has 6 heteroatoms. The Morgan fingerprint density at radius 2 is 1.92 bits per heavy atom. The van der Waals surface area contributed by atoms with Gasteiger partial charge in [0.25, 0.3) is 5.91 Å². The van der Waals surface area contributed by atoms with Crippen molar-refractivity contribution < 1.29 is 13.9 Å². The second kappa shape index (κ2) is 7.15. The van der Waals surface area contributed by atoms with Crippen LogP contribution in [0.25, 0.3) is 6.08 Å². The van der Waals surface area contributed by atoms with Crippen LogP contribution < -0.4 is 4.74 Å². The second-order valence-corrected chi connectivity index (χ2v) is 6.83. The number of amides is 1. The zero-order valence-electron chi connectivity index (χ0n) is 12.9. The van der Waals surface area contributed by atoms with E-state index >= 15 is 0 Å². The number of rotatable bonds is 4. The predicted octanol–water partition coefficient (Wildman–Crippen LogP) is 4.24. The zero-order valence-corrected chi connectivity index (χ0v) is 14.5. The molecule has 1 fully saturated rings. The lowest BCUT2D eigenvalue weighted by Crippen LogP contribution is -2.22. The standard InChI is InChI=1S/C18H14FNO2S2/c1-20-17(21)16(24-18(20)23)10-12-6-3-5-9-15(12)22-11-13-7-2-4-8-14(13)19/h2-10H,11H2,1H3. The van der Waals surface area contributed by atoms with Crippen molar-refractivity contribution in [3.05, 3.63) is 70.4 Å². The summed E-state index contributed by atoms with van der Waals surface area (Å²) in [6.07, 6.45) is 1.75. The number of para-hydroxylation sites is 1. The summed E-state index contributed by atoms with van der Waals surface area (Å²) in [5.74, 6) is 0.151.